The number of fused-ring (bicyclic) bond motifs is 1. The second-order valence-electron chi connectivity index (χ2n) is 10.2. The predicted octanol–water partition coefficient (Wildman–Crippen LogP) is 6.52. The molecule has 3 aliphatic rings. The summed E-state index contributed by atoms with van der Waals surface area (Å²) in [6.07, 6.45) is 11.2. The van der Waals surface area contributed by atoms with Gasteiger partial charge in [0.15, 0.2) is 0 Å². The lowest BCUT2D eigenvalue weighted by molar-refractivity contribution is 0.628. The summed E-state index contributed by atoms with van der Waals surface area (Å²) < 4.78 is 0. The first kappa shape index (κ1) is 20.9. The summed E-state index contributed by atoms with van der Waals surface area (Å²) in [5.74, 6) is 0. The molecule has 0 radical (unpaired) electrons. The number of rotatable bonds is 4. The first-order valence-electron chi connectivity index (χ1n) is 12.8. The smallest absolute Gasteiger partial charge is 0.0436 e. The van der Waals surface area contributed by atoms with E-state index in [4.69, 9.17) is 0 Å². The van der Waals surface area contributed by atoms with Gasteiger partial charge in [-0.3, -0.25) is 0 Å². The van der Waals surface area contributed by atoms with Gasteiger partial charge in [-0.1, -0.05) is 13.3 Å². The quantitative estimate of drug-likeness (QED) is 0.610. The molecule has 0 unspecified atom stereocenters. The van der Waals surface area contributed by atoms with E-state index in [1.54, 1.807) is 61.3 Å². The Kier molecular flexibility index (Phi) is 5.52. The normalized spacial score (nSPS) is 17.3. The Balaban J connectivity index is 1.67. The van der Waals surface area contributed by atoms with Gasteiger partial charge in [0.1, 0.15) is 0 Å². The van der Waals surface area contributed by atoms with Gasteiger partial charge in [0.05, 0.1) is 0 Å². The molecule has 3 aliphatic heterocycles. The van der Waals surface area contributed by atoms with Crippen molar-refractivity contribution in [2.24, 2.45) is 0 Å². The van der Waals surface area contributed by atoms with Crippen LogP contribution in [-0.2, 0) is 32.1 Å². The van der Waals surface area contributed by atoms with Gasteiger partial charge >= 0.3 is 0 Å². The standard InChI is InChI=1S/C29H40N2/c1-6-10-22-18(2)26(19(3)23-11-7-14-30-28(22)23)17-27-20(4)24-12-8-15-31-16-9-13-25(21(27)5)29(24)31/h30H,6-17H2,1-5H3. The molecule has 5 rings (SSSR count). The highest BCUT2D eigenvalue weighted by atomic mass is 15.1. The monoisotopic (exact) mass is 416 g/mol. The van der Waals surface area contributed by atoms with E-state index in [1.165, 1.54) is 70.1 Å². The van der Waals surface area contributed by atoms with Crippen LogP contribution in [0.2, 0.25) is 0 Å². The average molecular weight is 417 g/mol. The Labute approximate surface area is 189 Å². The molecule has 2 heteroatoms. The fraction of sp³-hybridized carbons (Fsp3) is 0.586. The minimum atomic E-state index is 1.11. The molecular formula is C29H40N2. The topological polar surface area (TPSA) is 15.3 Å². The third-order valence-corrected chi connectivity index (χ3v) is 8.58. The van der Waals surface area contributed by atoms with Gasteiger partial charge in [0.2, 0.25) is 0 Å². The van der Waals surface area contributed by atoms with Gasteiger partial charge in [-0.05, 0) is 135 Å². The van der Waals surface area contributed by atoms with E-state index in [9.17, 15) is 0 Å². The first-order valence-corrected chi connectivity index (χ1v) is 12.8. The predicted molar refractivity (Wildman–Crippen MR) is 134 cm³/mol. The van der Waals surface area contributed by atoms with Crippen LogP contribution < -0.4 is 10.2 Å². The van der Waals surface area contributed by atoms with Crippen molar-refractivity contribution in [1.82, 2.24) is 0 Å². The van der Waals surface area contributed by atoms with Crippen LogP contribution in [0.25, 0.3) is 0 Å². The molecule has 31 heavy (non-hydrogen) atoms. The molecule has 0 bridgehead atoms. The largest absolute Gasteiger partial charge is 0.385 e. The van der Waals surface area contributed by atoms with Crippen LogP contribution in [0.5, 0.6) is 0 Å². The van der Waals surface area contributed by atoms with Crippen LogP contribution in [0.15, 0.2) is 0 Å². The first-order chi connectivity index (χ1) is 15.0. The molecule has 0 spiro atoms. The van der Waals surface area contributed by atoms with Crippen LogP contribution in [0, 0.1) is 27.7 Å². The lowest BCUT2D eigenvalue weighted by atomic mass is 9.78. The molecule has 2 nitrogen and oxygen atoms in total. The molecule has 3 heterocycles. The second kappa shape index (κ2) is 8.19. The van der Waals surface area contributed by atoms with E-state index in [0.717, 1.165) is 13.0 Å². The van der Waals surface area contributed by atoms with E-state index < -0.39 is 0 Å². The van der Waals surface area contributed by atoms with Crippen molar-refractivity contribution >= 4 is 11.4 Å². The van der Waals surface area contributed by atoms with Gasteiger partial charge in [0, 0.05) is 31.0 Å². The Morgan fingerprint density at radius 3 is 1.94 bits per heavy atom. The van der Waals surface area contributed by atoms with Gasteiger partial charge in [-0.25, -0.2) is 0 Å². The molecule has 1 N–H and O–H groups in total. The average Bonchev–Trinajstić information content (AvgIpc) is 2.79. The van der Waals surface area contributed by atoms with Crippen molar-refractivity contribution in [2.45, 2.75) is 92.4 Å². The molecule has 0 saturated carbocycles. The lowest BCUT2D eigenvalue weighted by Gasteiger charge is -2.39. The minimum absolute atomic E-state index is 1.11. The van der Waals surface area contributed by atoms with Crippen molar-refractivity contribution in [3.8, 4) is 0 Å². The number of nitrogens with zero attached hydrogens (tertiary/aromatic N) is 1. The zero-order valence-electron chi connectivity index (χ0n) is 20.4. The molecule has 0 atom stereocenters. The highest BCUT2D eigenvalue weighted by molar-refractivity contribution is 5.71. The maximum Gasteiger partial charge on any atom is 0.0436 e. The number of hydrogen-bond donors (Lipinski definition) is 1. The van der Waals surface area contributed by atoms with Crippen molar-refractivity contribution in [3.63, 3.8) is 0 Å². The summed E-state index contributed by atoms with van der Waals surface area (Å²) in [4.78, 5) is 2.70. The number of hydrogen-bond acceptors (Lipinski definition) is 2. The molecule has 0 aromatic heterocycles. The Bertz CT molecular complexity index is 993. The van der Waals surface area contributed by atoms with Crippen molar-refractivity contribution in [1.29, 1.82) is 0 Å². The number of anilines is 2. The second-order valence-corrected chi connectivity index (χ2v) is 10.2. The van der Waals surface area contributed by atoms with Gasteiger partial charge in [-0.2, -0.15) is 0 Å². The SMILES string of the molecule is CCCc1c(C)c(Cc2c(C)c3c4c(c2C)CCCN4CCC3)c(C)c2c1NCCC2. The number of nitrogens with one attached hydrogen (secondary N) is 1. The molecular weight excluding hydrogens is 376 g/mol. The molecule has 0 aliphatic carbocycles. The van der Waals surface area contributed by atoms with Crippen molar-refractivity contribution in [3.05, 3.63) is 55.6 Å². The maximum atomic E-state index is 3.78. The minimum Gasteiger partial charge on any atom is -0.385 e. The maximum absolute atomic E-state index is 3.78. The Morgan fingerprint density at radius 2 is 1.29 bits per heavy atom. The summed E-state index contributed by atoms with van der Waals surface area (Å²) in [5.41, 5.74) is 19.2. The molecule has 0 saturated heterocycles. The van der Waals surface area contributed by atoms with Gasteiger partial charge in [-0.15, -0.1) is 0 Å². The molecule has 2 aromatic carbocycles. The van der Waals surface area contributed by atoms with E-state index in [-0.39, 0.29) is 0 Å². The summed E-state index contributed by atoms with van der Waals surface area (Å²) in [6, 6.07) is 0. The molecule has 2 aromatic rings. The summed E-state index contributed by atoms with van der Waals surface area (Å²) >= 11 is 0. The van der Waals surface area contributed by atoms with E-state index in [1.807, 2.05) is 0 Å². The van der Waals surface area contributed by atoms with Crippen LogP contribution >= 0.6 is 0 Å². The third kappa shape index (κ3) is 3.29. The van der Waals surface area contributed by atoms with Gasteiger partial charge < -0.3 is 10.2 Å². The van der Waals surface area contributed by atoms with E-state index in [0.29, 0.717) is 0 Å². The molecule has 166 valence electrons. The van der Waals surface area contributed by atoms with Crippen LogP contribution in [-0.4, -0.2) is 19.6 Å². The Morgan fingerprint density at radius 1 is 0.710 bits per heavy atom. The fourth-order valence-electron chi connectivity index (χ4n) is 6.88. The van der Waals surface area contributed by atoms with E-state index >= 15 is 0 Å². The highest BCUT2D eigenvalue weighted by Crippen LogP contribution is 2.43. The van der Waals surface area contributed by atoms with Crippen LogP contribution in [0.4, 0.5) is 11.4 Å². The molecule has 0 amide bonds. The van der Waals surface area contributed by atoms with Gasteiger partial charge in [0.25, 0.3) is 0 Å². The summed E-state index contributed by atoms with van der Waals surface area (Å²) in [6.45, 7) is 15.6. The van der Waals surface area contributed by atoms with E-state index in [2.05, 4.69) is 44.8 Å². The molecule has 0 fully saturated rings. The summed E-state index contributed by atoms with van der Waals surface area (Å²) in [7, 11) is 0. The zero-order chi connectivity index (χ0) is 21.7. The van der Waals surface area contributed by atoms with Crippen LogP contribution in [0.1, 0.15) is 88.2 Å². The van der Waals surface area contributed by atoms with Crippen molar-refractivity contribution < 1.29 is 0 Å². The third-order valence-electron chi connectivity index (χ3n) is 8.58. The lowest BCUT2D eigenvalue weighted by Crippen LogP contribution is -2.35. The van der Waals surface area contributed by atoms with Crippen LogP contribution in [0.3, 0.4) is 0 Å². The zero-order valence-corrected chi connectivity index (χ0v) is 20.4. The fourth-order valence-corrected chi connectivity index (χ4v) is 6.88. The number of benzene rings is 2. The Hall–Kier alpha value is -1.96. The van der Waals surface area contributed by atoms with Crippen molar-refractivity contribution in [2.75, 3.05) is 29.9 Å². The summed E-state index contributed by atoms with van der Waals surface area (Å²) in [5, 5.41) is 3.78. The highest BCUT2D eigenvalue weighted by Gasteiger charge is 2.29.